The topological polar surface area (TPSA) is 127 Å². The fourth-order valence-electron chi connectivity index (χ4n) is 4.34. The number of ether oxygens (including phenoxy) is 2. The molecule has 1 fully saturated rings. The summed E-state index contributed by atoms with van der Waals surface area (Å²) in [6, 6.07) is 7.53. The number of methoxy groups -OCH3 is 1. The summed E-state index contributed by atoms with van der Waals surface area (Å²) in [7, 11) is -0.289. The number of pyridine rings is 1. The van der Waals surface area contributed by atoms with Crippen molar-refractivity contribution in [1.82, 2.24) is 4.57 Å². The van der Waals surface area contributed by atoms with Crippen molar-refractivity contribution >= 4 is 15.8 Å². The summed E-state index contributed by atoms with van der Waals surface area (Å²) < 4.78 is 39.8. The maximum Gasteiger partial charge on any atom is 0.264 e. The molecule has 34 heavy (non-hydrogen) atoms. The Kier molecular flexibility index (Phi) is 8.17. The molecule has 1 aromatic carbocycles. The van der Waals surface area contributed by atoms with E-state index in [9.17, 15) is 18.3 Å². The van der Waals surface area contributed by atoms with Crippen LogP contribution in [0, 0.1) is 0 Å². The number of rotatable bonds is 5. The summed E-state index contributed by atoms with van der Waals surface area (Å²) in [4.78, 5) is 16.9. The summed E-state index contributed by atoms with van der Waals surface area (Å²) in [6.45, 7) is 3.87. The molecule has 0 bridgehead atoms. The van der Waals surface area contributed by atoms with E-state index >= 15 is 0 Å². The van der Waals surface area contributed by atoms with Gasteiger partial charge >= 0.3 is 0 Å². The van der Waals surface area contributed by atoms with Crippen molar-refractivity contribution in [3.05, 3.63) is 57.5 Å². The average molecular weight is 493 g/mol. The van der Waals surface area contributed by atoms with Gasteiger partial charge in [-0.2, -0.15) is 8.42 Å². The Bertz CT molecular complexity index is 1220. The third-order valence-electron chi connectivity index (χ3n) is 6.10. The Labute approximate surface area is 199 Å². The lowest BCUT2D eigenvalue weighted by molar-refractivity contribution is 0.111. The van der Waals surface area contributed by atoms with E-state index in [4.69, 9.17) is 19.0 Å². The van der Waals surface area contributed by atoms with Crippen LogP contribution >= 0.6 is 0 Å². The zero-order valence-corrected chi connectivity index (χ0v) is 20.7. The highest BCUT2D eigenvalue weighted by Crippen LogP contribution is 2.44. The summed E-state index contributed by atoms with van der Waals surface area (Å²) in [6.07, 6.45) is 3.82. The molecule has 10 heteroatoms. The van der Waals surface area contributed by atoms with Gasteiger partial charge in [-0.25, -0.2) is 0 Å². The first-order valence-corrected chi connectivity index (χ1v) is 12.9. The molecule has 2 aliphatic rings. The van der Waals surface area contributed by atoms with Crippen LogP contribution in [-0.4, -0.2) is 60.0 Å². The van der Waals surface area contributed by atoms with Crippen LogP contribution in [-0.2, 0) is 17.2 Å². The second-order valence-corrected chi connectivity index (χ2v) is 10.1. The number of aromatic nitrogens is 1. The Morgan fingerprint density at radius 1 is 1.18 bits per heavy atom. The van der Waals surface area contributed by atoms with Gasteiger partial charge in [0.05, 0.1) is 37.3 Å². The van der Waals surface area contributed by atoms with E-state index in [0.29, 0.717) is 24.5 Å². The monoisotopic (exact) mass is 492 g/mol. The molecule has 3 atom stereocenters. The first kappa shape index (κ1) is 25.9. The molecule has 0 saturated heterocycles. The number of aliphatic hydroxyl groups is 1. The van der Waals surface area contributed by atoms with Crippen LogP contribution in [0.25, 0.3) is 0 Å². The molecule has 1 aliphatic heterocycles. The third kappa shape index (κ3) is 5.86. The van der Waals surface area contributed by atoms with E-state index in [1.165, 1.54) is 6.92 Å². The molecule has 4 rings (SSSR count). The van der Waals surface area contributed by atoms with Crippen LogP contribution in [0.4, 0.5) is 0 Å². The maximum atomic E-state index is 11.8. The molecule has 1 saturated carbocycles. The molecule has 2 heterocycles. The highest BCUT2D eigenvalue weighted by molar-refractivity contribution is 7.85. The van der Waals surface area contributed by atoms with E-state index < -0.39 is 10.1 Å². The van der Waals surface area contributed by atoms with Gasteiger partial charge in [-0.05, 0) is 56.9 Å². The Morgan fingerprint density at radius 2 is 1.88 bits per heavy atom. The molecule has 0 amide bonds. The van der Waals surface area contributed by atoms with Crippen molar-refractivity contribution in [3.8, 4) is 11.5 Å². The minimum atomic E-state index is -3.66. The molecule has 1 aliphatic carbocycles. The second kappa shape index (κ2) is 10.7. The molecule has 0 unspecified atom stereocenters. The molecule has 186 valence electrons. The van der Waals surface area contributed by atoms with Crippen LogP contribution in [0.5, 0.6) is 11.5 Å². The first-order chi connectivity index (χ1) is 16.1. The SMILES string of the molecule is CCOc1cc2c(cc1OC)C(c1ccc(=O)n(C)c1)=N[C@@H]1CC[C@@H](O)C[C@H]21.CCS(=O)(=O)O. The Morgan fingerprint density at radius 3 is 2.47 bits per heavy atom. The van der Waals surface area contributed by atoms with Crippen molar-refractivity contribution in [3.63, 3.8) is 0 Å². The minimum absolute atomic E-state index is 0.0525. The Balaban J connectivity index is 0.000000481. The van der Waals surface area contributed by atoms with E-state index in [-0.39, 0.29) is 29.4 Å². The lowest BCUT2D eigenvalue weighted by Crippen LogP contribution is -2.34. The molecule has 1 aromatic heterocycles. The minimum Gasteiger partial charge on any atom is -0.493 e. The number of fused-ring (bicyclic) bond motifs is 3. The number of aliphatic imine (C=N–C) groups is 1. The van der Waals surface area contributed by atoms with Gasteiger partial charge in [0.15, 0.2) is 11.5 Å². The molecule has 2 N–H and O–H groups in total. The molecule has 2 aromatic rings. The lowest BCUT2D eigenvalue weighted by atomic mass is 9.74. The second-order valence-electron chi connectivity index (χ2n) is 8.38. The van der Waals surface area contributed by atoms with Crippen LogP contribution in [0.1, 0.15) is 55.7 Å². The Hall–Kier alpha value is -2.69. The van der Waals surface area contributed by atoms with Gasteiger partial charge in [0, 0.05) is 36.4 Å². The third-order valence-corrected chi connectivity index (χ3v) is 6.82. The van der Waals surface area contributed by atoms with Crippen LogP contribution < -0.4 is 15.0 Å². The van der Waals surface area contributed by atoms with Crippen molar-refractivity contribution in [2.24, 2.45) is 12.0 Å². The average Bonchev–Trinajstić information content (AvgIpc) is 2.80. The standard InChI is InChI=1S/C22H26N2O4.C2H6O3S/c1-4-28-20-10-15-16-9-14(25)6-7-18(16)23-22(17(15)11-19(20)27-3)13-5-8-21(26)24(2)12-13;1-2-6(3,4)5/h5,8,10-12,14,16,18,25H,4,6-7,9H2,1-3H3;2H2,1H3,(H,3,4,5)/t14-,16-,18-;/m1./s1. The van der Waals surface area contributed by atoms with Gasteiger partial charge in [0.1, 0.15) is 0 Å². The summed E-state index contributed by atoms with van der Waals surface area (Å²) in [5.74, 6) is 1.32. The number of hydrogen-bond acceptors (Lipinski definition) is 7. The molecular formula is C24H32N2O7S. The van der Waals surface area contributed by atoms with Crippen LogP contribution in [0.2, 0.25) is 0 Å². The molecular weight excluding hydrogens is 460 g/mol. The zero-order chi connectivity index (χ0) is 25.0. The van der Waals surface area contributed by atoms with Crippen molar-refractivity contribution < 1.29 is 27.6 Å². The van der Waals surface area contributed by atoms with Crippen LogP contribution in [0.15, 0.2) is 40.2 Å². The largest absolute Gasteiger partial charge is 0.493 e. The predicted molar refractivity (Wildman–Crippen MR) is 130 cm³/mol. The van der Waals surface area contributed by atoms with Crippen molar-refractivity contribution in [2.75, 3.05) is 19.5 Å². The summed E-state index contributed by atoms with van der Waals surface area (Å²) in [5.41, 5.74) is 3.83. The van der Waals surface area contributed by atoms with Gasteiger partial charge in [-0.15, -0.1) is 0 Å². The fourth-order valence-corrected chi connectivity index (χ4v) is 4.34. The lowest BCUT2D eigenvalue weighted by Gasteiger charge is -2.37. The first-order valence-electron chi connectivity index (χ1n) is 11.3. The molecule has 0 spiro atoms. The highest BCUT2D eigenvalue weighted by atomic mass is 32.2. The number of aryl methyl sites for hydroxylation is 1. The smallest absolute Gasteiger partial charge is 0.264 e. The number of aliphatic hydroxyl groups excluding tert-OH is 1. The number of benzene rings is 1. The van der Waals surface area contributed by atoms with E-state index in [2.05, 4.69) is 0 Å². The molecule has 0 radical (unpaired) electrons. The summed E-state index contributed by atoms with van der Waals surface area (Å²) in [5, 5.41) is 10.3. The fraction of sp³-hybridized carbons (Fsp3) is 0.500. The quantitative estimate of drug-likeness (QED) is 0.614. The molecule has 9 nitrogen and oxygen atoms in total. The van der Waals surface area contributed by atoms with E-state index in [1.807, 2.05) is 31.3 Å². The van der Waals surface area contributed by atoms with Crippen molar-refractivity contribution in [1.29, 1.82) is 0 Å². The van der Waals surface area contributed by atoms with Crippen molar-refractivity contribution in [2.45, 2.75) is 51.2 Å². The normalized spacial score (nSPS) is 21.4. The highest BCUT2D eigenvalue weighted by Gasteiger charge is 2.37. The van der Waals surface area contributed by atoms with Gasteiger partial charge in [0.2, 0.25) is 5.56 Å². The van der Waals surface area contributed by atoms with E-state index in [1.54, 1.807) is 24.8 Å². The van der Waals surface area contributed by atoms with Gasteiger partial charge in [0.25, 0.3) is 10.1 Å². The zero-order valence-electron chi connectivity index (χ0n) is 19.9. The van der Waals surface area contributed by atoms with Gasteiger partial charge < -0.3 is 19.1 Å². The van der Waals surface area contributed by atoms with E-state index in [0.717, 1.165) is 35.2 Å². The van der Waals surface area contributed by atoms with Crippen LogP contribution in [0.3, 0.4) is 0 Å². The van der Waals surface area contributed by atoms with Gasteiger partial charge in [-0.1, -0.05) is 0 Å². The summed E-state index contributed by atoms with van der Waals surface area (Å²) >= 11 is 0. The maximum absolute atomic E-state index is 11.8. The van der Waals surface area contributed by atoms with Gasteiger partial charge in [-0.3, -0.25) is 14.3 Å². The number of nitrogens with zero attached hydrogens (tertiary/aromatic N) is 2. The number of hydrogen-bond donors (Lipinski definition) is 2. The predicted octanol–water partition coefficient (Wildman–Crippen LogP) is 2.53.